The summed E-state index contributed by atoms with van der Waals surface area (Å²) < 4.78 is 19.0. The highest BCUT2D eigenvalue weighted by molar-refractivity contribution is 6.99. The van der Waals surface area contributed by atoms with Crippen molar-refractivity contribution < 1.29 is 19.0 Å². The van der Waals surface area contributed by atoms with E-state index in [1.54, 1.807) is 7.11 Å². The van der Waals surface area contributed by atoms with Gasteiger partial charge < -0.3 is 19.0 Å². The van der Waals surface area contributed by atoms with E-state index in [-0.39, 0.29) is 11.1 Å². The zero-order valence-corrected chi connectivity index (χ0v) is 31.5. The third-order valence-electron chi connectivity index (χ3n) is 8.00. The van der Waals surface area contributed by atoms with E-state index in [1.807, 2.05) is 42.5 Å². The quantitative estimate of drug-likeness (QED) is 0.0776. The molecule has 0 fully saturated rings. The van der Waals surface area contributed by atoms with E-state index in [2.05, 4.69) is 119 Å². The molecule has 6 heteroatoms. The molecule has 0 aromatic heterocycles. The third kappa shape index (κ3) is 11.7. The number of unbranched alkanes of at least 4 members (excludes halogenated alkanes) is 1. The lowest BCUT2D eigenvalue weighted by atomic mass is 10.1. The van der Waals surface area contributed by atoms with Gasteiger partial charge in [0.1, 0.15) is 26.0 Å². The van der Waals surface area contributed by atoms with E-state index in [1.165, 1.54) is 10.4 Å². The molecule has 0 amide bonds. The van der Waals surface area contributed by atoms with Crippen molar-refractivity contribution in [1.29, 1.82) is 0 Å². The molecule has 0 bridgehead atoms. The predicted molar refractivity (Wildman–Crippen MR) is 202 cm³/mol. The lowest BCUT2D eigenvalue weighted by molar-refractivity contribution is -0.0266. The number of benzene rings is 3. The molecule has 0 radical (unpaired) electrons. The average Bonchev–Trinajstić information content (AvgIpc) is 3.05. The molecule has 250 valence electrons. The van der Waals surface area contributed by atoms with Gasteiger partial charge in [0.05, 0.1) is 19.8 Å². The molecule has 0 aliphatic heterocycles. The van der Waals surface area contributed by atoms with Crippen LogP contribution in [-0.4, -0.2) is 46.9 Å². The maximum atomic E-state index is 11.5. The van der Waals surface area contributed by atoms with Crippen LogP contribution in [0.5, 0.6) is 5.75 Å². The van der Waals surface area contributed by atoms with Gasteiger partial charge in [-0.25, -0.2) is 0 Å². The smallest absolute Gasteiger partial charge is 0.262 e. The Hall–Kier alpha value is -3.37. The predicted octanol–water partition coefficient (Wildman–Crippen LogP) is 7.91. The summed E-state index contributed by atoms with van der Waals surface area (Å²) in [6.07, 6.45) is 3.77. The van der Waals surface area contributed by atoms with Gasteiger partial charge in [-0.2, -0.15) is 0 Å². The van der Waals surface area contributed by atoms with Gasteiger partial charge in [-0.15, -0.1) is 18.0 Å². The van der Waals surface area contributed by atoms with Crippen LogP contribution < -0.4 is 15.1 Å². The molecule has 0 aliphatic carbocycles. The Bertz CT molecular complexity index is 1440. The minimum Gasteiger partial charge on any atom is -0.497 e. The third-order valence-corrected chi connectivity index (χ3v) is 14.0. The molecule has 4 nitrogen and oxygen atoms in total. The Morgan fingerprint density at radius 1 is 0.851 bits per heavy atom. The molecule has 3 rings (SSSR count). The number of rotatable bonds is 15. The summed E-state index contributed by atoms with van der Waals surface area (Å²) in [7, 11) is -2.70. The number of allylic oxidation sites excluding steroid dienone is 1. The van der Waals surface area contributed by atoms with Crippen LogP contribution in [0.4, 0.5) is 0 Å². The van der Waals surface area contributed by atoms with E-state index in [4.69, 9.17) is 13.9 Å². The maximum absolute atomic E-state index is 11.5. The van der Waals surface area contributed by atoms with Crippen molar-refractivity contribution in [1.82, 2.24) is 0 Å². The van der Waals surface area contributed by atoms with Gasteiger partial charge in [-0.05, 0) is 58.8 Å². The molecule has 0 aliphatic rings. The van der Waals surface area contributed by atoms with Crippen LogP contribution in [-0.2, 0) is 15.8 Å². The van der Waals surface area contributed by atoms with Gasteiger partial charge in [0.15, 0.2) is 0 Å². The van der Waals surface area contributed by atoms with E-state index in [0.29, 0.717) is 19.4 Å². The van der Waals surface area contributed by atoms with Crippen LogP contribution in [0.3, 0.4) is 0 Å². The monoisotopic (exact) mass is 666 g/mol. The summed E-state index contributed by atoms with van der Waals surface area (Å²) >= 11 is 0. The molecular formula is C41H54O4Si2. The fourth-order valence-corrected chi connectivity index (χ4v) is 10.9. The lowest BCUT2D eigenvalue weighted by Gasteiger charge is -2.44. The van der Waals surface area contributed by atoms with Crippen molar-refractivity contribution >= 4 is 26.8 Å². The summed E-state index contributed by atoms with van der Waals surface area (Å²) in [4.78, 5) is 0. The number of aliphatic hydroxyl groups excluding tert-OH is 1. The van der Waals surface area contributed by atoms with Crippen molar-refractivity contribution in [3.05, 3.63) is 103 Å². The molecule has 1 N–H and O–H groups in total. The maximum Gasteiger partial charge on any atom is 0.262 e. The second-order valence-electron chi connectivity index (χ2n) is 14.0. The number of hydrogen-bond donors (Lipinski definition) is 1. The van der Waals surface area contributed by atoms with Gasteiger partial charge in [0, 0.05) is 6.42 Å². The molecule has 47 heavy (non-hydrogen) atoms. The molecule has 0 saturated heterocycles. The molecule has 3 aromatic carbocycles. The highest BCUT2D eigenvalue weighted by Gasteiger charge is 2.51. The van der Waals surface area contributed by atoms with Crippen LogP contribution >= 0.6 is 0 Å². The first-order valence-corrected chi connectivity index (χ1v) is 22.1. The zero-order valence-electron chi connectivity index (χ0n) is 29.5. The SMILES string of the molecule is C=CCCC[C@@H](C#C[C@@H](O)[C@H](CCC#C[Si](C)(C)C)OCc1ccc(OC)cc1)O[Si](c1ccccc1)(c1ccccc1)C(C)(C)C. The second kappa shape index (κ2) is 18.3. The highest BCUT2D eigenvalue weighted by Crippen LogP contribution is 2.38. The molecule has 0 unspecified atom stereocenters. The largest absolute Gasteiger partial charge is 0.497 e. The number of methoxy groups -OCH3 is 1. The Morgan fingerprint density at radius 3 is 1.96 bits per heavy atom. The van der Waals surface area contributed by atoms with Crippen LogP contribution in [0.2, 0.25) is 24.7 Å². The van der Waals surface area contributed by atoms with Crippen molar-refractivity contribution in [3.8, 4) is 29.1 Å². The Morgan fingerprint density at radius 2 is 1.45 bits per heavy atom. The molecule has 0 saturated carbocycles. The summed E-state index contributed by atoms with van der Waals surface area (Å²) in [5.74, 6) is 10.7. The summed E-state index contributed by atoms with van der Waals surface area (Å²) in [6.45, 7) is 17.8. The number of ether oxygens (including phenoxy) is 2. The van der Waals surface area contributed by atoms with Crippen LogP contribution in [0.25, 0.3) is 0 Å². The first-order chi connectivity index (χ1) is 22.4. The summed E-state index contributed by atoms with van der Waals surface area (Å²) in [5, 5.41) is 13.7. The van der Waals surface area contributed by atoms with E-state index in [9.17, 15) is 5.11 Å². The van der Waals surface area contributed by atoms with Crippen molar-refractivity contribution in [2.75, 3.05) is 7.11 Å². The summed E-state index contributed by atoms with van der Waals surface area (Å²) in [5.41, 5.74) is 4.43. The van der Waals surface area contributed by atoms with Gasteiger partial charge in [0.2, 0.25) is 0 Å². The molecule has 3 atom stereocenters. The molecule has 0 spiro atoms. The fourth-order valence-electron chi connectivity index (χ4n) is 5.58. The van der Waals surface area contributed by atoms with Gasteiger partial charge in [-0.1, -0.05) is 131 Å². The van der Waals surface area contributed by atoms with Gasteiger partial charge >= 0.3 is 0 Å². The first-order valence-electron chi connectivity index (χ1n) is 16.7. The number of aliphatic hydroxyl groups is 1. The van der Waals surface area contributed by atoms with Crippen LogP contribution in [0.15, 0.2) is 97.6 Å². The Kier molecular flexibility index (Phi) is 14.8. The minimum absolute atomic E-state index is 0.189. The number of hydrogen-bond acceptors (Lipinski definition) is 4. The van der Waals surface area contributed by atoms with E-state index >= 15 is 0 Å². The lowest BCUT2D eigenvalue weighted by Crippen LogP contribution is -2.67. The molecular weight excluding hydrogens is 613 g/mol. The highest BCUT2D eigenvalue weighted by atomic mass is 28.4. The second-order valence-corrected chi connectivity index (χ2v) is 23.0. The standard InChI is InChI=1S/C41H54O4Si2/c1-9-10-13-20-36(45-47(41(2,3)4,37-21-14-11-15-22-37)38-23-16-12-17-24-38)30-31-39(42)40(25-18-19-32-46(6,7)8)44-33-34-26-28-35(43-5)29-27-34/h9,11-12,14-17,21-24,26-29,36,39-40,42H,1,10,13,18,20,25,33H2,2-8H3/t36-,39+,40-/m0/s1. The van der Waals surface area contributed by atoms with Crippen LogP contribution in [0, 0.1) is 23.3 Å². The fraction of sp³-hybridized carbons (Fsp3) is 0.415. The van der Waals surface area contributed by atoms with Gasteiger partial charge in [0.25, 0.3) is 8.32 Å². The van der Waals surface area contributed by atoms with Crippen LogP contribution in [0.1, 0.15) is 58.4 Å². The Labute approximate surface area is 286 Å². The minimum atomic E-state index is -2.85. The van der Waals surface area contributed by atoms with Gasteiger partial charge in [-0.3, -0.25) is 0 Å². The van der Waals surface area contributed by atoms with Crippen molar-refractivity contribution in [3.63, 3.8) is 0 Å². The van der Waals surface area contributed by atoms with E-state index in [0.717, 1.165) is 30.6 Å². The van der Waals surface area contributed by atoms with Crippen molar-refractivity contribution in [2.45, 2.75) is 102 Å². The zero-order chi connectivity index (χ0) is 34.3. The summed E-state index contributed by atoms with van der Waals surface area (Å²) in [6, 6.07) is 29.0. The Balaban J connectivity index is 1.97. The first kappa shape index (κ1) is 38.1. The average molecular weight is 667 g/mol. The molecule has 0 heterocycles. The van der Waals surface area contributed by atoms with E-state index < -0.39 is 28.6 Å². The normalized spacial score (nSPS) is 13.7. The topological polar surface area (TPSA) is 47.9 Å². The molecule has 3 aromatic rings. The van der Waals surface area contributed by atoms with Crippen molar-refractivity contribution in [2.24, 2.45) is 0 Å².